The number of nitrogens with zero attached hydrogens (tertiary/aromatic N) is 1. The molecule has 102 valence electrons. The molecule has 0 aliphatic carbocycles. The van der Waals surface area contributed by atoms with Crippen molar-refractivity contribution in [2.24, 2.45) is 0 Å². The zero-order chi connectivity index (χ0) is 13.7. The first-order valence-corrected chi connectivity index (χ1v) is 6.61. The van der Waals surface area contributed by atoms with Crippen molar-refractivity contribution in [2.45, 2.75) is 12.8 Å². The number of rotatable bonds is 5. The van der Waals surface area contributed by atoms with E-state index >= 15 is 0 Å². The molecule has 1 aliphatic heterocycles. The van der Waals surface area contributed by atoms with Crippen LogP contribution in [0.4, 0.5) is 11.4 Å². The number of ether oxygens (including phenoxy) is 1. The van der Waals surface area contributed by atoms with E-state index in [9.17, 15) is 4.79 Å². The van der Waals surface area contributed by atoms with Gasteiger partial charge in [-0.15, -0.1) is 0 Å². The quantitative estimate of drug-likeness (QED) is 0.653. The van der Waals surface area contributed by atoms with Gasteiger partial charge in [0, 0.05) is 25.8 Å². The molecule has 0 aromatic heterocycles. The Morgan fingerprint density at radius 1 is 1.47 bits per heavy atom. The molecule has 1 heterocycles. The van der Waals surface area contributed by atoms with Gasteiger partial charge < -0.3 is 15.0 Å². The fourth-order valence-corrected chi connectivity index (χ4v) is 2.30. The summed E-state index contributed by atoms with van der Waals surface area (Å²) in [5, 5.41) is 3.05. The molecule has 0 bridgehead atoms. The summed E-state index contributed by atoms with van der Waals surface area (Å²) in [5.41, 5.74) is 2.50. The Labute approximate surface area is 114 Å². The van der Waals surface area contributed by atoms with Crippen LogP contribution in [-0.2, 0) is 4.74 Å². The van der Waals surface area contributed by atoms with Crippen LogP contribution in [0.2, 0.25) is 0 Å². The maximum atomic E-state index is 12.1. The molecule has 0 unspecified atom stereocenters. The van der Waals surface area contributed by atoms with Gasteiger partial charge in [0.15, 0.2) is 0 Å². The average Bonchev–Trinajstić information content (AvgIpc) is 2.98. The number of esters is 1. The summed E-state index contributed by atoms with van der Waals surface area (Å²) >= 11 is 0. The number of benzene rings is 1. The van der Waals surface area contributed by atoms with Crippen LogP contribution in [0, 0.1) is 0 Å². The van der Waals surface area contributed by atoms with Gasteiger partial charge in [-0.2, -0.15) is 0 Å². The summed E-state index contributed by atoms with van der Waals surface area (Å²) in [6.07, 6.45) is 3.93. The summed E-state index contributed by atoms with van der Waals surface area (Å²) in [5.74, 6) is -0.293. The van der Waals surface area contributed by atoms with Crippen molar-refractivity contribution in [3.63, 3.8) is 0 Å². The van der Waals surface area contributed by atoms with Crippen molar-refractivity contribution in [2.75, 3.05) is 37.0 Å². The van der Waals surface area contributed by atoms with E-state index < -0.39 is 0 Å². The smallest absolute Gasteiger partial charge is 0.340 e. The molecule has 0 radical (unpaired) electrons. The molecule has 19 heavy (non-hydrogen) atoms. The lowest BCUT2D eigenvalue weighted by molar-refractivity contribution is 0.0550. The van der Waals surface area contributed by atoms with Crippen LogP contribution < -0.4 is 10.2 Å². The summed E-state index contributed by atoms with van der Waals surface area (Å²) in [7, 11) is 1.84. The third-order valence-corrected chi connectivity index (χ3v) is 3.28. The van der Waals surface area contributed by atoms with Crippen molar-refractivity contribution in [1.29, 1.82) is 0 Å². The lowest BCUT2D eigenvalue weighted by atomic mass is 10.1. The topological polar surface area (TPSA) is 41.6 Å². The Bertz CT molecular complexity index is 465. The standard InChI is InChI=1S/C15H20N2O2/c1-3-10-19-15(18)13-11-12(16-2)6-7-14(13)17-8-4-5-9-17/h3,6-7,11,16H,1,4-5,8-10H2,2H3. The van der Waals surface area contributed by atoms with Gasteiger partial charge in [-0.25, -0.2) is 4.79 Å². The summed E-state index contributed by atoms with van der Waals surface area (Å²) in [6, 6.07) is 5.82. The molecule has 4 heteroatoms. The van der Waals surface area contributed by atoms with E-state index in [0.717, 1.165) is 24.5 Å². The Morgan fingerprint density at radius 2 is 2.21 bits per heavy atom. The van der Waals surface area contributed by atoms with E-state index in [-0.39, 0.29) is 12.6 Å². The number of nitrogens with one attached hydrogen (secondary N) is 1. The lowest BCUT2D eigenvalue weighted by Crippen LogP contribution is -2.21. The van der Waals surface area contributed by atoms with Gasteiger partial charge in [0.2, 0.25) is 0 Å². The van der Waals surface area contributed by atoms with Crippen LogP contribution in [0.1, 0.15) is 23.2 Å². The zero-order valence-electron chi connectivity index (χ0n) is 11.3. The van der Waals surface area contributed by atoms with E-state index in [1.54, 1.807) is 6.08 Å². The Balaban J connectivity index is 2.30. The van der Waals surface area contributed by atoms with Gasteiger partial charge >= 0.3 is 5.97 Å². The second-order valence-corrected chi connectivity index (χ2v) is 4.56. The molecular formula is C15H20N2O2. The van der Waals surface area contributed by atoms with Crippen molar-refractivity contribution >= 4 is 17.3 Å². The van der Waals surface area contributed by atoms with Gasteiger partial charge in [-0.3, -0.25) is 0 Å². The molecule has 0 atom stereocenters. The maximum Gasteiger partial charge on any atom is 0.340 e. The number of anilines is 2. The van der Waals surface area contributed by atoms with Crippen molar-refractivity contribution < 1.29 is 9.53 Å². The Hall–Kier alpha value is -1.97. The summed E-state index contributed by atoms with van der Waals surface area (Å²) in [4.78, 5) is 14.4. The van der Waals surface area contributed by atoms with Crippen molar-refractivity contribution in [1.82, 2.24) is 0 Å². The summed E-state index contributed by atoms with van der Waals surface area (Å²) in [6.45, 7) is 5.80. The van der Waals surface area contributed by atoms with E-state index in [1.165, 1.54) is 12.8 Å². The third kappa shape index (κ3) is 3.08. The van der Waals surface area contributed by atoms with Crippen LogP contribution in [0.25, 0.3) is 0 Å². The molecule has 2 rings (SSSR count). The van der Waals surface area contributed by atoms with Crippen molar-refractivity contribution in [3.05, 3.63) is 36.4 Å². The van der Waals surface area contributed by atoms with Crippen LogP contribution in [0.5, 0.6) is 0 Å². The largest absolute Gasteiger partial charge is 0.458 e. The lowest BCUT2D eigenvalue weighted by Gasteiger charge is -2.21. The fourth-order valence-electron chi connectivity index (χ4n) is 2.30. The molecule has 4 nitrogen and oxygen atoms in total. The highest BCUT2D eigenvalue weighted by Crippen LogP contribution is 2.28. The minimum atomic E-state index is -0.293. The minimum Gasteiger partial charge on any atom is -0.458 e. The monoisotopic (exact) mass is 260 g/mol. The van der Waals surface area contributed by atoms with Gasteiger partial charge in [0.25, 0.3) is 0 Å². The SMILES string of the molecule is C=CCOC(=O)c1cc(NC)ccc1N1CCCC1. The number of carbonyl (C=O) groups excluding carboxylic acids is 1. The molecule has 1 N–H and O–H groups in total. The molecule has 1 aliphatic rings. The Morgan fingerprint density at radius 3 is 2.84 bits per heavy atom. The van der Waals surface area contributed by atoms with Gasteiger partial charge in [0.1, 0.15) is 6.61 Å². The van der Waals surface area contributed by atoms with Crippen molar-refractivity contribution in [3.8, 4) is 0 Å². The number of hydrogen-bond donors (Lipinski definition) is 1. The van der Waals surface area contributed by atoms with E-state index in [2.05, 4.69) is 16.8 Å². The van der Waals surface area contributed by atoms with Gasteiger partial charge in [-0.1, -0.05) is 12.7 Å². The van der Waals surface area contributed by atoms with Crippen LogP contribution in [0.3, 0.4) is 0 Å². The fraction of sp³-hybridized carbons (Fsp3) is 0.400. The third-order valence-electron chi connectivity index (χ3n) is 3.28. The number of carbonyl (C=O) groups is 1. The first-order valence-electron chi connectivity index (χ1n) is 6.61. The predicted octanol–water partition coefficient (Wildman–Crippen LogP) is 2.67. The highest BCUT2D eigenvalue weighted by Gasteiger charge is 2.20. The second kappa shape index (κ2) is 6.27. The summed E-state index contributed by atoms with van der Waals surface area (Å²) < 4.78 is 5.17. The van der Waals surface area contributed by atoms with Crippen LogP contribution in [0.15, 0.2) is 30.9 Å². The average molecular weight is 260 g/mol. The van der Waals surface area contributed by atoms with Crippen LogP contribution >= 0.6 is 0 Å². The molecule has 1 aromatic carbocycles. The molecular weight excluding hydrogens is 240 g/mol. The normalized spacial score (nSPS) is 14.3. The van der Waals surface area contributed by atoms with E-state index in [0.29, 0.717) is 5.56 Å². The molecule has 0 spiro atoms. The highest BCUT2D eigenvalue weighted by atomic mass is 16.5. The van der Waals surface area contributed by atoms with E-state index in [4.69, 9.17) is 4.74 Å². The molecule has 0 amide bonds. The second-order valence-electron chi connectivity index (χ2n) is 4.56. The number of hydrogen-bond acceptors (Lipinski definition) is 4. The minimum absolute atomic E-state index is 0.238. The van der Waals surface area contributed by atoms with E-state index in [1.807, 2.05) is 25.2 Å². The first kappa shape index (κ1) is 13.5. The van der Waals surface area contributed by atoms with Crippen LogP contribution in [-0.4, -0.2) is 32.7 Å². The molecule has 1 fully saturated rings. The predicted molar refractivity (Wildman–Crippen MR) is 77.9 cm³/mol. The maximum absolute atomic E-state index is 12.1. The van der Waals surface area contributed by atoms with Gasteiger partial charge in [-0.05, 0) is 31.0 Å². The molecule has 0 saturated carbocycles. The molecule has 1 saturated heterocycles. The molecule has 1 aromatic rings. The Kier molecular flexibility index (Phi) is 4.44. The first-order chi connectivity index (χ1) is 9.26. The highest BCUT2D eigenvalue weighted by molar-refractivity contribution is 5.97. The van der Waals surface area contributed by atoms with Gasteiger partial charge in [0.05, 0.1) is 11.3 Å². The zero-order valence-corrected chi connectivity index (χ0v) is 11.3.